The molecule has 9 heteroatoms. The Hall–Kier alpha value is -1.45. The highest BCUT2D eigenvalue weighted by atomic mass is 35.5. The van der Waals surface area contributed by atoms with Gasteiger partial charge in [-0.25, -0.2) is 13.2 Å². The van der Waals surface area contributed by atoms with E-state index < -0.39 is 10.0 Å². The second-order valence-corrected chi connectivity index (χ2v) is 9.96. The first kappa shape index (κ1) is 19.3. The molecule has 1 fully saturated rings. The van der Waals surface area contributed by atoms with Crippen molar-refractivity contribution in [1.29, 1.82) is 0 Å². The third-order valence-corrected chi connectivity index (χ3v) is 7.97. The smallest absolute Gasteiger partial charge is 0.337 e. The number of nitrogens with zero attached hydrogens (tertiary/aromatic N) is 1. The fourth-order valence-corrected chi connectivity index (χ4v) is 6.08. The van der Waals surface area contributed by atoms with Crippen LogP contribution in [0.25, 0.3) is 0 Å². The van der Waals surface area contributed by atoms with Crippen LogP contribution in [-0.4, -0.2) is 52.0 Å². The largest absolute Gasteiger partial charge is 0.465 e. The topological polar surface area (TPSA) is 68.1 Å². The van der Waals surface area contributed by atoms with Gasteiger partial charge in [0.25, 0.3) is 10.0 Å². The summed E-state index contributed by atoms with van der Waals surface area (Å²) in [5.41, 5.74) is 1.56. The molecule has 0 spiro atoms. The lowest BCUT2D eigenvalue weighted by Gasteiger charge is -2.31. The van der Waals surface area contributed by atoms with Crippen LogP contribution in [0.2, 0.25) is 4.34 Å². The molecule has 2 heterocycles. The molecule has 26 heavy (non-hydrogen) atoms. The number of carbonyl (C=O) groups excluding carboxylic acids is 1. The second-order valence-electron chi connectivity index (χ2n) is 6.08. The third-order valence-electron chi connectivity index (χ3n) is 4.37. The van der Waals surface area contributed by atoms with E-state index in [1.165, 1.54) is 16.3 Å². The van der Waals surface area contributed by atoms with E-state index in [1.54, 1.807) is 18.2 Å². The zero-order chi connectivity index (χ0) is 18.7. The summed E-state index contributed by atoms with van der Waals surface area (Å²) in [6.45, 7) is 3.08. The lowest BCUT2D eigenvalue weighted by Crippen LogP contribution is -3.13. The molecule has 6 nitrogen and oxygen atoms in total. The van der Waals surface area contributed by atoms with Crippen molar-refractivity contribution in [1.82, 2.24) is 4.31 Å². The molecule has 1 saturated heterocycles. The number of nitrogens with one attached hydrogen (secondary N) is 1. The molecule has 1 aliphatic rings. The second kappa shape index (κ2) is 8.06. The zero-order valence-electron chi connectivity index (χ0n) is 14.3. The SMILES string of the molecule is COC(=O)c1cccc(C[NH+]2CCN(S(=O)(=O)c3ccc(Cl)s3)CC2)c1. The highest BCUT2D eigenvalue weighted by Gasteiger charge is 2.31. The molecule has 0 unspecified atom stereocenters. The van der Waals surface area contributed by atoms with Crippen LogP contribution in [0.3, 0.4) is 0 Å². The molecule has 2 aromatic rings. The maximum Gasteiger partial charge on any atom is 0.337 e. The van der Waals surface area contributed by atoms with Gasteiger partial charge in [0.2, 0.25) is 0 Å². The van der Waals surface area contributed by atoms with Gasteiger partial charge in [-0.1, -0.05) is 23.7 Å². The van der Waals surface area contributed by atoms with E-state index >= 15 is 0 Å². The number of methoxy groups -OCH3 is 1. The van der Waals surface area contributed by atoms with E-state index in [0.29, 0.717) is 36.1 Å². The number of thiophene rings is 1. The number of halogens is 1. The van der Waals surface area contributed by atoms with Crippen LogP contribution in [0.4, 0.5) is 0 Å². The molecule has 0 amide bonds. The van der Waals surface area contributed by atoms with Gasteiger partial charge in [0.05, 0.1) is 43.2 Å². The molecule has 140 valence electrons. The Morgan fingerprint density at radius 1 is 1.27 bits per heavy atom. The molecule has 0 radical (unpaired) electrons. The van der Waals surface area contributed by atoms with Crippen LogP contribution in [0.15, 0.2) is 40.6 Å². The summed E-state index contributed by atoms with van der Waals surface area (Å²) in [5, 5.41) is 0. The summed E-state index contributed by atoms with van der Waals surface area (Å²) in [6.07, 6.45) is 0. The van der Waals surface area contributed by atoms with Gasteiger partial charge < -0.3 is 9.64 Å². The van der Waals surface area contributed by atoms with E-state index in [4.69, 9.17) is 16.3 Å². The van der Waals surface area contributed by atoms with E-state index in [0.717, 1.165) is 23.4 Å². The molecule has 0 saturated carbocycles. The summed E-state index contributed by atoms with van der Waals surface area (Å²) in [4.78, 5) is 12.9. The summed E-state index contributed by atoms with van der Waals surface area (Å²) < 4.78 is 32.3. The number of hydrogen-bond acceptors (Lipinski definition) is 5. The van der Waals surface area contributed by atoms with Crippen molar-refractivity contribution in [2.75, 3.05) is 33.3 Å². The number of hydrogen-bond donors (Lipinski definition) is 1. The third kappa shape index (κ3) is 4.27. The van der Waals surface area contributed by atoms with Crippen molar-refractivity contribution < 1.29 is 22.8 Å². The van der Waals surface area contributed by atoms with Crippen molar-refractivity contribution in [3.8, 4) is 0 Å². The number of esters is 1. The number of quaternary nitrogens is 1. The van der Waals surface area contributed by atoms with Crippen molar-refractivity contribution in [3.63, 3.8) is 0 Å². The molecule has 0 atom stereocenters. The molecular formula is C17H20ClN2O4S2+. The molecule has 0 aliphatic carbocycles. The first-order valence-corrected chi connectivity index (χ1v) is 10.8. The van der Waals surface area contributed by atoms with E-state index in [-0.39, 0.29) is 10.2 Å². The number of piperazine rings is 1. The van der Waals surface area contributed by atoms with Crippen LogP contribution < -0.4 is 4.90 Å². The first-order chi connectivity index (χ1) is 12.4. The summed E-state index contributed by atoms with van der Waals surface area (Å²) in [5.74, 6) is -0.354. The highest BCUT2D eigenvalue weighted by Crippen LogP contribution is 2.28. The maximum absolute atomic E-state index is 12.6. The minimum Gasteiger partial charge on any atom is -0.465 e. The molecule has 1 N–H and O–H groups in total. The number of ether oxygens (including phenoxy) is 1. The number of rotatable bonds is 5. The minimum absolute atomic E-state index is 0.289. The van der Waals surface area contributed by atoms with Gasteiger partial charge >= 0.3 is 5.97 Å². The summed E-state index contributed by atoms with van der Waals surface area (Å²) in [7, 11) is -2.10. The maximum atomic E-state index is 12.6. The molecule has 1 aromatic heterocycles. The van der Waals surface area contributed by atoms with Gasteiger partial charge in [0, 0.05) is 5.56 Å². The fourth-order valence-electron chi connectivity index (χ4n) is 3.00. The van der Waals surface area contributed by atoms with Gasteiger partial charge in [-0.15, -0.1) is 11.3 Å². The average Bonchev–Trinajstić information content (AvgIpc) is 3.09. The Bertz CT molecular complexity index is 890. The van der Waals surface area contributed by atoms with Gasteiger partial charge in [-0.05, 0) is 24.3 Å². The van der Waals surface area contributed by atoms with Crippen LogP contribution >= 0.6 is 22.9 Å². The Morgan fingerprint density at radius 3 is 2.62 bits per heavy atom. The minimum atomic E-state index is -3.47. The number of sulfonamides is 1. The Kier molecular flexibility index (Phi) is 5.99. The lowest BCUT2D eigenvalue weighted by molar-refractivity contribution is -0.917. The Balaban J connectivity index is 1.61. The summed E-state index contributed by atoms with van der Waals surface area (Å²) >= 11 is 6.95. The van der Waals surface area contributed by atoms with Gasteiger partial charge in [0.1, 0.15) is 10.8 Å². The Labute approximate surface area is 162 Å². The standard InChI is InChI=1S/C17H19ClN2O4S2/c1-24-17(21)14-4-2-3-13(11-14)12-19-7-9-20(10-8-19)26(22,23)16-6-5-15(18)25-16/h2-6,11H,7-10,12H2,1H3/p+1. The van der Waals surface area contributed by atoms with E-state index in [2.05, 4.69) is 0 Å². The lowest BCUT2D eigenvalue weighted by atomic mass is 10.1. The average molecular weight is 416 g/mol. The monoisotopic (exact) mass is 415 g/mol. The van der Waals surface area contributed by atoms with Crippen LogP contribution in [0.1, 0.15) is 15.9 Å². The normalized spacial score (nSPS) is 16.5. The van der Waals surface area contributed by atoms with Crippen molar-refractivity contribution in [3.05, 3.63) is 51.9 Å². The van der Waals surface area contributed by atoms with Crippen LogP contribution in [0.5, 0.6) is 0 Å². The van der Waals surface area contributed by atoms with Crippen molar-refractivity contribution in [2.24, 2.45) is 0 Å². The zero-order valence-corrected chi connectivity index (χ0v) is 16.7. The molecular weight excluding hydrogens is 396 g/mol. The van der Waals surface area contributed by atoms with E-state index in [1.807, 2.05) is 18.2 Å². The Morgan fingerprint density at radius 2 is 2.00 bits per heavy atom. The first-order valence-electron chi connectivity index (χ1n) is 8.16. The molecule has 3 rings (SSSR count). The number of carbonyl (C=O) groups is 1. The van der Waals surface area contributed by atoms with Gasteiger partial charge in [-0.3, -0.25) is 0 Å². The molecule has 1 aliphatic heterocycles. The van der Waals surface area contributed by atoms with Gasteiger partial charge in [-0.2, -0.15) is 4.31 Å². The van der Waals surface area contributed by atoms with Crippen LogP contribution in [0, 0.1) is 0 Å². The van der Waals surface area contributed by atoms with Crippen molar-refractivity contribution >= 4 is 38.9 Å². The highest BCUT2D eigenvalue weighted by molar-refractivity contribution is 7.91. The summed E-state index contributed by atoms with van der Waals surface area (Å²) in [6, 6.07) is 10.5. The van der Waals surface area contributed by atoms with E-state index in [9.17, 15) is 13.2 Å². The van der Waals surface area contributed by atoms with Crippen LogP contribution in [-0.2, 0) is 21.3 Å². The van der Waals surface area contributed by atoms with Gasteiger partial charge in [0.15, 0.2) is 0 Å². The fraction of sp³-hybridized carbons (Fsp3) is 0.353. The molecule has 1 aromatic carbocycles. The number of benzene rings is 1. The molecule has 0 bridgehead atoms. The predicted octanol–water partition coefficient (Wildman–Crippen LogP) is 1.28. The predicted molar refractivity (Wildman–Crippen MR) is 100 cm³/mol. The quantitative estimate of drug-likeness (QED) is 0.747. The van der Waals surface area contributed by atoms with Crippen molar-refractivity contribution in [2.45, 2.75) is 10.8 Å².